The van der Waals surface area contributed by atoms with Gasteiger partial charge in [0.05, 0.1) is 6.61 Å². The number of H-pyrrole nitrogens is 1. The Morgan fingerprint density at radius 1 is 1.40 bits per heavy atom. The molecule has 0 radical (unpaired) electrons. The van der Waals surface area contributed by atoms with Crippen LogP contribution >= 0.6 is 0 Å². The Labute approximate surface area is 117 Å². The molecule has 0 fully saturated rings. The number of rotatable bonds is 6. The molecule has 0 unspecified atom stereocenters. The summed E-state index contributed by atoms with van der Waals surface area (Å²) in [5.74, 6) is 0. The normalized spacial score (nSPS) is 11.7. The Hall–Kier alpha value is -1.77. The van der Waals surface area contributed by atoms with Gasteiger partial charge in [0.15, 0.2) is 5.03 Å². The third kappa shape index (κ3) is 3.21. The summed E-state index contributed by atoms with van der Waals surface area (Å²) in [6.07, 6.45) is 2.14. The van der Waals surface area contributed by atoms with Gasteiger partial charge in [0, 0.05) is 36.1 Å². The summed E-state index contributed by atoms with van der Waals surface area (Å²) in [6.45, 7) is 1.50. The van der Waals surface area contributed by atoms with Gasteiger partial charge in [-0.1, -0.05) is 6.07 Å². The number of nitrogens with zero attached hydrogens (tertiary/aromatic N) is 2. The number of pyridine rings is 1. The highest BCUT2D eigenvalue weighted by atomic mass is 32.2. The van der Waals surface area contributed by atoms with Crippen molar-refractivity contribution in [3.8, 4) is 0 Å². The van der Waals surface area contributed by atoms with E-state index < -0.39 is 10.0 Å². The van der Waals surface area contributed by atoms with Gasteiger partial charge in [-0.25, -0.2) is 13.1 Å². The Balaban J connectivity index is 2.04. The number of aryl methyl sites for hydroxylation is 1. The number of aliphatic hydroxyl groups excluding tert-OH is 1. The van der Waals surface area contributed by atoms with Gasteiger partial charge in [-0.05, 0) is 19.1 Å². The van der Waals surface area contributed by atoms with Crippen LogP contribution in [0.15, 0.2) is 29.4 Å². The molecule has 2 heterocycles. The van der Waals surface area contributed by atoms with Crippen LogP contribution in [0.4, 0.5) is 0 Å². The summed E-state index contributed by atoms with van der Waals surface area (Å²) in [5.41, 5.74) is 1.63. The maximum absolute atomic E-state index is 12.1. The summed E-state index contributed by atoms with van der Waals surface area (Å²) < 4.78 is 26.6. The van der Waals surface area contributed by atoms with E-state index in [1.165, 1.54) is 0 Å². The van der Waals surface area contributed by atoms with Crippen molar-refractivity contribution < 1.29 is 13.5 Å². The Bertz CT molecular complexity index is 667. The molecule has 0 aromatic carbocycles. The summed E-state index contributed by atoms with van der Waals surface area (Å²) in [7, 11) is -3.73. The number of aromatic amines is 1. The lowest BCUT2D eigenvalue weighted by molar-refractivity contribution is 0.277. The summed E-state index contributed by atoms with van der Waals surface area (Å²) in [4.78, 5) is 4.11. The molecular formula is C12H16N4O3S. The fraction of sp³-hybridized carbons (Fsp3) is 0.333. The maximum Gasteiger partial charge on any atom is 0.260 e. The lowest BCUT2D eigenvalue weighted by Gasteiger charge is -2.05. The second-order valence-corrected chi connectivity index (χ2v) is 5.94. The molecular weight excluding hydrogens is 280 g/mol. The van der Waals surface area contributed by atoms with Gasteiger partial charge >= 0.3 is 0 Å². The first-order valence-electron chi connectivity index (χ1n) is 6.09. The maximum atomic E-state index is 12.1. The molecule has 0 saturated heterocycles. The van der Waals surface area contributed by atoms with Gasteiger partial charge in [-0.2, -0.15) is 5.10 Å². The fourth-order valence-electron chi connectivity index (χ4n) is 1.77. The van der Waals surface area contributed by atoms with E-state index in [0.29, 0.717) is 12.1 Å². The molecule has 3 N–H and O–H groups in total. The number of nitrogens with one attached hydrogen (secondary N) is 2. The van der Waals surface area contributed by atoms with Crippen LogP contribution in [0.5, 0.6) is 0 Å². The highest BCUT2D eigenvalue weighted by molar-refractivity contribution is 7.89. The standard InChI is InChI=1S/C12H16N4O3S/c1-9-11(8-17)12(16-15-9)20(18,19)14-7-5-10-4-2-3-6-13-10/h2-4,6,14,17H,5,7-8H2,1H3,(H,15,16). The van der Waals surface area contributed by atoms with Crippen molar-refractivity contribution in [2.24, 2.45) is 0 Å². The Morgan fingerprint density at radius 2 is 2.20 bits per heavy atom. The lowest BCUT2D eigenvalue weighted by Crippen LogP contribution is -2.27. The monoisotopic (exact) mass is 296 g/mol. The number of aliphatic hydroxyl groups is 1. The van der Waals surface area contributed by atoms with Crippen LogP contribution in [-0.2, 0) is 23.1 Å². The van der Waals surface area contributed by atoms with Crippen LogP contribution in [-0.4, -0.2) is 35.3 Å². The molecule has 2 rings (SSSR count). The van der Waals surface area contributed by atoms with Crippen molar-refractivity contribution in [3.63, 3.8) is 0 Å². The minimum Gasteiger partial charge on any atom is -0.392 e. The van der Waals surface area contributed by atoms with Crippen molar-refractivity contribution in [2.45, 2.75) is 25.0 Å². The number of hydrogen-bond donors (Lipinski definition) is 3. The van der Waals surface area contributed by atoms with Crippen LogP contribution < -0.4 is 4.72 Å². The largest absolute Gasteiger partial charge is 0.392 e. The molecule has 0 aliphatic rings. The van der Waals surface area contributed by atoms with Crippen molar-refractivity contribution >= 4 is 10.0 Å². The lowest BCUT2D eigenvalue weighted by atomic mass is 10.3. The first-order valence-corrected chi connectivity index (χ1v) is 7.57. The smallest absolute Gasteiger partial charge is 0.260 e. The van der Waals surface area contributed by atoms with E-state index >= 15 is 0 Å². The molecule has 108 valence electrons. The summed E-state index contributed by atoms with van der Waals surface area (Å²) in [5, 5.41) is 15.3. The second-order valence-electron chi connectivity index (χ2n) is 4.26. The van der Waals surface area contributed by atoms with Crippen LogP contribution in [0.25, 0.3) is 0 Å². The van der Waals surface area contributed by atoms with Crippen molar-refractivity contribution in [1.82, 2.24) is 19.9 Å². The highest BCUT2D eigenvalue weighted by Gasteiger charge is 2.22. The summed E-state index contributed by atoms with van der Waals surface area (Å²) >= 11 is 0. The third-order valence-electron chi connectivity index (χ3n) is 2.85. The minimum absolute atomic E-state index is 0.154. The first-order chi connectivity index (χ1) is 9.54. The zero-order valence-corrected chi connectivity index (χ0v) is 11.8. The molecule has 0 aliphatic heterocycles. The third-order valence-corrected chi connectivity index (χ3v) is 4.28. The molecule has 7 nitrogen and oxygen atoms in total. The van der Waals surface area contributed by atoms with Gasteiger partial charge in [0.25, 0.3) is 10.0 Å². The van der Waals surface area contributed by atoms with E-state index in [4.69, 9.17) is 0 Å². The second kappa shape index (κ2) is 6.12. The molecule has 2 aromatic heterocycles. The van der Waals surface area contributed by atoms with E-state index in [-0.39, 0.29) is 23.7 Å². The van der Waals surface area contributed by atoms with Crippen LogP contribution in [0, 0.1) is 6.92 Å². The summed E-state index contributed by atoms with van der Waals surface area (Å²) in [6, 6.07) is 5.47. The van der Waals surface area contributed by atoms with Gasteiger partial charge in [-0.3, -0.25) is 10.1 Å². The van der Waals surface area contributed by atoms with Gasteiger partial charge in [0.1, 0.15) is 0 Å². The minimum atomic E-state index is -3.73. The van der Waals surface area contributed by atoms with Crippen molar-refractivity contribution in [2.75, 3.05) is 6.54 Å². The van der Waals surface area contributed by atoms with Crippen LogP contribution in [0.1, 0.15) is 17.0 Å². The zero-order chi connectivity index (χ0) is 14.6. The van der Waals surface area contributed by atoms with E-state index in [1.807, 2.05) is 12.1 Å². The molecule has 0 amide bonds. The van der Waals surface area contributed by atoms with Gasteiger partial charge in [-0.15, -0.1) is 0 Å². The average Bonchev–Trinajstić information content (AvgIpc) is 2.81. The first kappa shape index (κ1) is 14.6. The Kier molecular flexibility index (Phi) is 4.48. The molecule has 0 saturated carbocycles. The number of aromatic nitrogens is 3. The number of hydrogen-bond acceptors (Lipinski definition) is 5. The van der Waals surface area contributed by atoms with E-state index in [9.17, 15) is 13.5 Å². The molecule has 0 aliphatic carbocycles. The highest BCUT2D eigenvalue weighted by Crippen LogP contribution is 2.15. The van der Waals surface area contributed by atoms with Crippen molar-refractivity contribution in [3.05, 3.63) is 41.3 Å². The molecule has 0 atom stereocenters. The Morgan fingerprint density at radius 3 is 2.85 bits per heavy atom. The van der Waals surface area contributed by atoms with Gasteiger partial charge < -0.3 is 5.11 Å². The SMILES string of the molecule is Cc1[nH]nc(S(=O)(=O)NCCc2ccccn2)c1CO. The molecule has 20 heavy (non-hydrogen) atoms. The van der Waals surface area contributed by atoms with E-state index in [1.54, 1.807) is 19.2 Å². The molecule has 8 heteroatoms. The zero-order valence-electron chi connectivity index (χ0n) is 11.0. The van der Waals surface area contributed by atoms with E-state index in [0.717, 1.165) is 5.69 Å². The van der Waals surface area contributed by atoms with Crippen LogP contribution in [0.3, 0.4) is 0 Å². The molecule has 0 bridgehead atoms. The van der Waals surface area contributed by atoms with Crippen LogP contribution in [0.2, 0.25) is 0 Å². The quantitative estimate of drug-likeness (QED) is 0.702. The van der Waals surface area contributed by atoms with Crippen molar-refractivity contribution in [1.29, 1.82) is 0 Å². The fourth-order valence-corrected chi connectivity index (χ4v) is 2.98. The van der Waals surface area contributed by atoms with E-state index in [2.05, 4.69) is 19.9 Å². The van der Waals surface area contributed by atoms with Gasteiger partial charge in [0.2, 0.25) is 0 Å². The topological polar surface area (TPSA) is 108 Å². The molecule has 0 spiro atoms. The predicted octanol–water partition coefficient (Wildman–Crippen LogP) is 0.126. The molecule has 2 aromatic rings. The number of sulfonamides is 1. The average molecular weight is 296 g/mol. The predicted molar refractivity (Wildman–Crippen MR) is 72.4 cm³/mol.